The number of nitrogens with two attached hydrogens (primary N) is 1. The van der Waals surface area contributed by atoms with E-state index in [1.165, 1.54) is 7.11 Å². The number of fused-ring (bicyclic) bond motifs is 1. The lowest BCUT2D eigenvalue weighted by Gasteiger charge is -2.17. The Balaban J connectivity index is 2.29. The molecule has 1 heterocycles. The van der Waals surface area contributed by atoms with E-state index in [1.807, 2.05) is 0 Å². The van der Waals surface area contributed by atoms with Crippen molar-refractivity contribution < 1.29 is 24.1 Å². The van der Waals surface area contributed by atoms with Gasteiger partial charge in [-0.2, -0.15) is 0 Å². The number of aliphatic carboxylic acids is 1. The lowest BCUT2D eigenvalue weighted by molar-refractivity contribution is -0.137. The number of carboxylic acids is 1. The maximum atomic E-state index is 10.6. The van der Waals surface area contributed by atoms with Crippen LogP contribution in [0.5, 0.6) is 17.2 Å². The molecule has 1 aromatic rings. The molecule has 1 atom stereocenters. The number of ether oxygens (including phenoxy) is 3. The molecular formula is C12H15NO5. The first-order valence-corrected chi connectivity index (χ1v) is 5.57. The molecule has 0 radical (unpaired) electrons. The first kappa shape index (κ1) is 12.5. The molecule has 3 N–H and O–H groups in total. The summed E-state index contributed by atoms with van der Waals surface area (Å²) in [6, 6.07) is 3.02. The Morgan fingerprint density at radius 2 is 2.33 bits per heavy atom. The van der Waals surface area contributed by atoms with Crippen molar-refractivity contribution in [1.29, 1.82) is 0 Å². The third-order valence-corrected chi connectivity index (χ3v) is 2.80. The van der Waals surface area contributed by atoms with Gasteiger partial charge in [-0.3, -0.25) is 4.79 Å². The molecule has 1 unspecified atom stereocenters. The van der Waals surface area contributed by atoms with Gasteiger partial charge in [0, 0.05) is 12.5 Å². The summed E-state index contributed by atoms with van der Waals surface area (Å²) in [6.07, 6.45) is 0.306. The van der Waals surface area contributed by atoms with Crippen LogP contribution in [0.25, 0.3) is 0 Å². The van der Waals surface area contributed by atoms with Crippen LogP contribution in [-0.2, 0) is 4.79 Å². The highest BCUT2D eigenvalue weighted by atomic mass is 16.7. The molecule has 0 bridgehead atoms. The predicted molar refractivity (Wildman–Crippen MR) is 62.9 cm³/mol. The molecule has 1 aromatic carbocycles. The third kappa shape index (κ3) is 2.33. The van der Waals surface area contributed by atoms with Gasteiger partial charge in [0.25, 0.3) is 0 Å². The quantitative estimate of drug-likeness (QED) is 0.821. The van der Waals surface area contributed by atoms with Gasteiger partial charge >= 0.3 is 5.97 Å². The van der Waals surface area contributed by atoms with Gasteiger partial charge in [-0.05, 0) is 18.6 Å². The van der Waals surface area contributed by atoms with Crippen molar-refractivity contribution in [3.05, 3.63) is 17.7 Å². The second kappa shape index (κ2) is 5.14. The predicted octanol–water partition coefficient (Wildman–Crippen LogP) is 1.29. The summed E-state index contributed by atoms with van der Waals surface area (Å²) >= 11 is 0. The van der Waals surface area contributed by atoms with Crippen molar-refractivity contribution >= 4 is 5.97 Å². The van der Waals surface area contributed by atoms with E-state index in [-0.39, 0.29) is 13.2 Å². The smallest absolute Gasteiger partial charge is 0.303 e. The fourth-order valence-corrected chi connectivity index (χ4v) is 1.93. The Morgan fingerprint density at radius 1 is 1.56 bits per heavy atom. The number of carbonyl (C=O) groups is 1. The van der Waals surface area contributed by atoms with Crippen LogP contribution in [0.15, 0.2) is 12.1 Å². The Hall–Kier alpha value is -1.95. The van der Waals surface area contributed by atoms with E-state index >= 15 is 0 Å². The molecular weight excluding hydrogens is 238 g/mol. The van der Waals surface area contributed by atoms with Gasteiger partial charge in [0.2, 0.25) is 6.79 Å². The highest BCUT2D eigenvalue weighted by Crippen LogP contribution is 2.44. The van der Waals surface area contributed by atoms with Crippen LogP contribution >= 0.6 is 0 Å². The van der Waals surface area contributed by atoms with Gasteiger partial charge in [-0.1, -0.05) is 0 Å². The summed E-state index contributed by atoms with van der Waals surface area (Å²) in [5.41, 5.74) is 6.67. The number of carboxylic acid groups (broad SMARTS) is 1. The van der Waals surface area contributed by atoms with Crippen LogP contribution in [0.4, 0.5) is 0 Å². The first-order chi connectivity index (χ1) is 8.63. The average Bonchev–Trinajstić information content (AvgIpc) is 2.82. The van der Waals surface area contributed by atoms with E-state index in [4.69, 9.17) is 25.1 Å². The fraction of sp³-hybridized carbons (Fsp3) is 0.417. The number of benzene rings is 1. The maximum Gasteiger partial charge on any atom is 0.303 e. The first-order valence-electron chi connectivity index (χ1n) is 5.57. The minimum Gasteiger partial charge on any atom is -0.496 e. The second-order valence-corrected chi connectivity index (χ2v) is 3.95. The summed E-state index contributed by atoms with van der Waals surface area (Å²) < 4.78 is 15.9. The van der Waals surface area contributed by atoms with Gasteiger partial charge in [0.15, 0.2) is 11.5 Å². The highest BCUT2D eigenvalue weighted by Gasteiger charge is 2.25. The van der Waals surface area contributed by atoms with Gasteiger partial charge in [0.05, 0.1) is 12.7 Å². The zero-order chi connectivity index (χ0) is 13.1. The molecule has 0 amide bonds. The molecule has 1 aliphatic heterocycles. The molecule has 6 heteroatoms. The zero-order valence-corrected chi connectivity index (χ0v) is 10.0. The molecule has 98 valence electrons. The van der Waals surface area contributed by atoms with Crippen LogP contribution in [0, 0.1) is 0 Å². The Labute approximate surface area is 104 Å². The number of hydrogen-bond donors (Lipinski definition) is 2. The molecule has 0 spiro atoms. The Morgan fingerprint density at radius 3 is 3.00 bits per heavy atom. The standard InChI is InChI=1S/C12H15NO5/c1-16-8-3-4-9-12(18-6-17-9)11(8)7(13)2-5-10(14)15/h3-4,7H,2,5-6,13H2,1H3,(H,14,15). The van der Waals surface area contributed by atoms with Gasteiger partial charge in [0.1, 0.15) is 5.75 Å². The van der Waals surface area contributed by atoms with Crippen LogP contribution in [0.1, 0.15) is 24.4 Å². The minimum absolute atomic E-state index is 0.00511. The zero-order valence-electron chi connectivity index (χ0n) is 10.0. The molecule has 0 saturated heterocycles. The van der Waals surface area contributed by atoms with Crippen molar-refractivity contribution in [2.75, 3.05) is 13.9 Å². The second-order valence-electron chi connectivity index (χ2n) is 3.95. The van der Waals surface area contributed by atoms with Crippen LogP contribution in [-0.4, -0.2) is 25.0 Å². The van der Waals surface area contributed by atoms with E-state index < -0.39 is 12.0 Å². The van der Waals surface area contributed by atoms with E-state index in [9.17, 15) is 4.79 Å². The largest absolute Gasteiger partial charge is 0.496 e. The van der Waals surface area contributed by atoms with E-state index in [0.29, 0.717) is 29.2 Å². The van der Waals surface area contributed by atoms with Gasteiger partial charge in [-0.15, -0.1) is 0 Å². The SMILES string of the molecule is COc1ccc2c(c1C(N)CCC(=O)O)OCO2. The lowest BCUT2D eigenvalue weighted by atomic mass is 10.00. The van der Waals surface area contributed by atoms with Gasteiger partial charge < -0.3 is 25.1 Å². The molecule has 18 heavy (non-hydrogen) atoms. The normalized spacial score (nSPS) is 14.3. The van der Waals surface area contributed by atoms with Crippen LogP contribution in [0.3, 0.4) is 0 Å². The third-order valence-electron chi connectivity index (χ3n) is 2.80. The fourth-order valence-electron chi connectivity index (χ4n) is 1.93. The number of hydrogen-bond acceptors (Lipinski definition) is 5. The molecule has 0 aromatic heterocycles. The molecule has 0 aliphatic carbocycles. The Bertz CT molecular complexity index is 460. The monoisotopic (exact) mass is 253 g/mol. The van der Waals surface area contributed by atoms with Crippen molar-refractivity contribution in [3.8, 4) is 17.2 Å². The van der Waals surface area contributed by atoms with Crippen LogP contribution in [0.2, 0.25) is 0 Å². The summed E-state index contributed by atoms with van der Waals surface area (Å²) in [5.74, 6) is 0.857. The number of methoxy groups -OCH3 is 1. The van der Waals surface area contributed by atoms with E-state index in [1.54, 1.807) is 12.1 Å². The highest BCUT2D eigenvalue weighted by molar-refractivity contribution is 5.67. The number of rotatable bonds is 5. The molecule has 2 rings (SSSR count). The van der Waals surface area contributed by atoms with Crippen molar-refractivity contribution in [1.82, 2.24) is 0 Å². The minimum atomic E-state index is -0.880. The maximum absolute atomic E-state index is 10.6. The Kier molecular flexibility index (Phi) is 3.57. The molecule has 0 fully saturated rings. The van der Waals surface area contributed by atoms with Crippen molar-refractivity contribution in [2.24, 2.45) is 5.73 Å². The van der Waals surface area contributed by atoms with Crippen molar-refractivity contribution in [3.63, 3.8) is 0 Å². The molecule has 1 aliphatic rings. The summed E-state index contributed by atoms with van der Waals surface area (Å²) in [6.45, 7) is 0.140. The van der Waals surface area contributed by atoms with E-state index in [0.717, 1.165) is 0 Å². The molecule has 0 saturated carbocycles. The van der Waals surface area contributed by atoms with Gasteiger partial charge in [-0.25, -0.2) is 0 Å². The summed E-state index contributed by atoms with van der Waals surface area (Å²) in [4.78, 5) is 10.6. The lowest BCUT2D eigenvalue weighted by Crippen LogP contribution is -2.14. The van der Waals surface area contributed by atoms with Crippen molar-refractivity contribution in [2.45, 2.75) is 18.9 Å². The summed E-state index contributed by atoms with van der Waals surface area (Å²) in [5, 5.41) is 8.69. The molecule has 6 nitrogen and oxygen atoms in total. The summed E-state index contributed by atoms with van der Waals surface area (Å²) in [7, 11) is 1.53. The van der Waals surface area contributed by atoms with Crippen LogP contribution < -0.4 is 19.9 Å². The van der Waals surface area contributed by atoms with E-state index in [2.05, 4.69) is 0 Å². The average molecular weight is 253 g/mol. The topological polar surface area (TPSA) is 91.0 Å².